The number of nitrogens with one attached hydrogen (secondary N) is 1. The smallest absolute Gasteiger partial charge is 0.174 e. The minimum Gasteiger partial charge on any atom is -0.256 e. The third kappa shape index (κ3) is 1.51. The summed E-state index contributed by atoms with van der Waals surface area (Å²) < 4.78 is 0. The molecule has 55 valence electrons. The fraction of sp³-hybridized carbons (Fsp3) is 0.800. The van der Waals surface area contributed by atoms with Crippen LogP contribution in [0.2, 0.25) is 0 Å². The van der Waals surface area contributed by atoms with Gasteiger partial charge in [0.2, 0.25) is 0 Å². The molecule has 0 amide bonds. The summed E-state index contributed by atoms with van der Waals surface area (Å²) >= 11 is 0. The molecule has 1 N–H and O–H groups in total. The first-order valence-electron chi connectivity index (χ1n) is 3.28. The second kappa shape index (κ2) is 3.26. The van der Waals surface area contributed by atoms with Crippen molar-refractivity contribution in [2.45, 2.75) is 19.9 Å². The van der Waals surface area contributed by atoms with Gasteiger partial charge >= 0.3 is 0 Å². The molecule has 1 aromatic rings. The van der Waals surface area contributed by atoms with Gasteiger partial charge in [-0.15, -0.1) is 10.2 Å². The maximum Gasteiger partial charge on any atom is 0.174 e. The second-order valence-electron chi connectivity index (χ2n) is 1.91. The molecule has 0 atom stereocenters. The van der Waals surface area contributed by atoms with Gasteiger partial charge in [-0.2, -0.15) is 4.80 Å². The van der Waals surface area contributed by atoms with Crippen LogP contribution >= 0.6 is 0 Å². The Hall–Kier alpha value is -0.970. The summed E-state index contributed by atoms with van der Waals surface area (Å²) in [6.07, 6.45) is 0.804. The van der Waals surface area contributed by atoms with E-state index < -0.39 is 0 Å². The van der Waals surface area contributed by atoms with Gasteiger partial charge in [0, 0.05) is 13.0 Å². The molecule has 0 spiro atoms. The lowest BCUT2D eigenvalue weighted by Gasteiger charge is -1.89. The van der Waals surface area contributed by atoms with Crippen LogP contribution in [0.5, 0.6) is 0 Å². The zero-order valence-electron chi connectivity index (χ0n) is 5.91. The molecule has 0 fully saturated rings. The van der Waals surface area contributed by atoms with Crippen LogP contribution in [0.4, 0.5) is 0 Å². The lowest BCUT2D eigenvalue weighted by molar-refractivity contribution is 0.525. The monoisotopic (exact) mass is 140 g/mol. The van der Waals surface area contributed by atoms with E-state index in [1.54, 1.807) is 0 Å². The van der Waals surface area contributed by atoms with Crippen molar-refractivity contribution in [1.29, 1.82) is 0 Å². The zero-order chi connectivity index (χ0) is 7.40. The first kappa shape index (κ1) is 7.14. The predicted molar refractivity (Wildman–Crippen MR) is 35.2 cm³/mol. The molecular weight excluding hydrogens is 130 g/mol. The number of hydrogen-bond acceptors (Lipinski definition) is 3. The van der Waals surface area contributed by atoms with E-state index in [1.807, 2.05) is 6.92 Å². The maximum absolute atomic E-state index is 6.88. The quantitative estimate of drug-likeness (QED) is 0.569. The van der Waals surface area contributed by atoms with Crippen LogP contribution in [0.3, 0.4) is 0 Å². The standard InChI is InChI=1S/C5H10N5/c1-2-5-7-9-10(8-5)4-3-6/h6H,2-4H2,1H3. The molecule has 0 aliphatic rings. The Morgan fingerprint density at radius 3 is 2.90 bits per heavy atom. The van der Waals surface area contributed by atoms with Gasteiger partial charge in [-0.25, -0.2) is 0 Å². The van der Waals surface area contributed by atoms with Crippen molar-refractivity contribution in [3.63, 3.8) is 0 Å². The van der Waals surface area contributed by atoms with Crippen LogP contribution in [0.15, 0.2) is 0 Å². The molecule has 1 heterocycles. The van der Waals surface area contributed by atoms with Crippen LogP contribution in [0.1, 0.15) is 12.7 Å². The highest BCUT2D eigenvalue weighted by Crippen LogP contribution is 1.85. The second-order valence-corrected chi connectivity index (χ2v) is 1.91. The molecule has 0 saturated carbocycles. The van der Waals surface area contributed by atoms with Crippen LogP contribution < -0.4 is 5.73 Å². The van der Waals surface area contributed by atoms with Crippen LogP contribution in [-0.2, 0) is 13.0 Å². The summed E-state index contributed by atoms with van der Waals surface area (Å²) in [6, 6.07) is 0. The Morgan fingerprint density at radius 1 is 1.60 bits per heavy atom. The average Bonchev–Trinajstić information content (AvgIpc) is 2.37. The maximum atomic E-state index is 6.88. The highest BCUT2D eigenvalue weighted by atomic mass is 15.6. The average molecular weight is 140 g/mol. The van der Waals surface area contributed by atoms with Crippen molar-refractivity contribution in [1.82, 2.24) is 25.9 Å². The number of aromatic nitrogens is 4. The normalized spacial score (nSPS) is 10.2. The Bertz CT molecular complexity index is 194. The first-order valence-corrected chi connectivity index (χ1v) is 3.28. The van der Waals surface area contributed by atoms with E-state index in [0.717, 1.165) is 12.2 Å². The number of hydrogen-bond donors (Lipinski definition) is 0. The van der Waals surface area contributed by atoms with Gasteiger partial charge in [-0.1, -0.05) is 6.92 Å². The highest BCUT2D eigenvalue weighted by molar-refractivity contribution is 4.73. The van der Waals surface area contributed by atoms with Gasteiger partial charge in [0.15, 0.2) is 5.82 Å². The van der Waals surface area contributed by atoms with E-state index in [4.69, 9.17) is 5.73 Å². The summed E-state index contributed by atoms with van der Waals surface area (Å²) in [5.41, 5.74) is 6.88. The van der Waals surface area contributed by atoms with Crippen LogP contribution in [0, 0.1) is 0 Å². The Morgan fingerprint density at radius 2 is 2.40 bits per heavy atom. The van der Waals surface area contributed by atoms with Crippen molar-refractivity contribution in [3.05, 3.63) is 5.82 Å². The number of rotatable bonds is 3. The molecular formula is C5H10N5. The largest absolute Gasteiger partial charge is 0.256 e. The molecule has 0 aromatic carbocycles. The predicted octanol–water partition coefficient (Wildman–Crippen LogP) is -0.482. The fourth-order valence-electron chi connectivity index (χ4n) is 0.613. The Kier molecular flexibility index (Phi) is 2.33. The van der Waals surface area contributed by atoms with Crippen LogP contribution in [-0.4, -0.2) is 26.8 Å². The van der Waals surface area contributed by atoms with Gasteiger partial charge in [-0.05, 0) is 5.21 Å². The van der Waals surface area contributed by atoms with Gasteiger partial charge in [0.05, 0.1) is 6.54 Å². The van der Waals surface area contributed by atoms with E-state index in [9.17, 15) is 0 Å². The SMILES string of the molecule is CCc1nnn(CC[NH])n1. The summed E-state index contributed by atoms with van der Waals surface area (Å²) in [4.78, 5) is 1.45. The molecule has 0 saturated heterocycles. The Labute approximate surface area is 59.2 Å². The molecule has 5 heteroatoms. The van der Waals surface area contributed by atoms with Gasteiger partial charge < -0.3 is 0 Å². The molecule has 0 aliphatic heterocycles. The molecule has 0 bridgehead atoms. The van der Waals surface area contributed by atoms with E-state index in [2.05, 4.69) is 15.4 Å². The van der Waals surface area contributed by atoms with Crippen molar-refractivity contribution in [2.24, 2.45) is 0 Å². The molecule has 0 unspecified atom stereocenters. The van der Waals surface area contributed by atoms with Crippen molar-refractivity contribution >= 4 is 0 Å². The van der Waals surface area contributed by atoms with Crippen molar-refractivity contribution in [2.75, 3.05) is 6.54 Å². The minimum absolute atomic E-state index is 0.305. The number of aryl methyl sites for hydroxylation is 1. The van der Waals surface area contributed by atoms with E-state index in [-0.39, 0.29) is 0 Å². The summed E-state index contributed by atoms with van der Waals surface area (Å²) in [7, 11) is 0. The van der Waals surface area contributed by atoms with Crippen molar-refractivity contribution in [3.8, 4) is 0 Å². The fourth-order valence-corrected chi connectivity index (χ4v) is 0.613. The van der Waals surface area contributed by atoms with E-state index in [0.29, 0.717) is 13.1 Å². The summed E-state index contributed by atoms with van der Waals surface area (Å²) in [5.74, 6) is 0.744. The zero-order valence-corrected chi connectivity index (χ0v) is 5.91. The molecule has 1 radical (unpaired) electrons. The summed E-state index contributed by atoms with van der Waals surface area (Å²) in [5, 5.41) is 11.5. The lowest BCUT2D eigenvalue weighted by Crippen LogP contribution is -2.06. The summed E-state index contributed by atoms with van der Waals surface area (Å²) in [6.45, 7) is 2.81. The van der Waals surface area contributed by atoms with E-state index >= 15 is 0 Å². The molecule has 1 aromatic heterocycles. The third-order valence-electron chi connectivity index (χ3n) is 1.12. The van der Waals surface area contributed by atoms with E-state index in [1.165, 1.54) is 4.80 Å². The molecule has 0 aliphatic carbocycles. The van der Waals surface area contributed by atoms with Crippen LogP contribution in [0.25, 0.3) is 0 Å². The molecule has 1 rings (SSSR count). The Balaban J connectivity index is 2.59. The number of nitrogens with zero attached hydrogens (tertiary/aromatic N) is 4. The van der Waals surface area contributed by atoms with Gasteiger partial charge in [0.1, 0.15) is 0 Å². The molecule has 5 nitrogen and oxygen atoms in total. The topological polar surface area (TPSA) is 67.4 Å². The van der Waals surface area contributed by atoms with Crippen molar-refractivity contribution < 1.29 is 0 Å². The van der Waals surface area contributed by atoms with Gasteiger partial charge in [0.25, 0.3) is 0 Å². The minimum atomic E-state index is 0.305. The lowest BCUT2D eigenvalue weighted by atomic mass is 10.5. The number of tetrazole rings is 1. The molecule has 10 heavy (non-hydrogen) atoms. The first-order chi connectivity index (χ1) is 4.86. The third-order valence-corrected chi connectivity index (χ3v) is 1.12. The van der Waals surface area contributed by atoms with Gasteiger partial charge in [-0.3, -0.25) is 5.73 Å². The highest BCUT2D eigenvalue weighted by Gasteiger charge is 1.96.